The highest BCUT2D eigenvalue weighted by molar-refractivity contribution is 5.82. The molecule has 6 nitrogen and oxygen atoms in total. The van der Waals surface area contributed by atoms with E-state index < -0.39 is 12.1 Å². The van der Waals surface area contributed by atoms with Gasteiger partial charge in [0.25, 0.3) is 0 Å². The van der Waals surface area contributed by atoms with Gasteiger partial charge in [-0.05, 0) is 12.3 Å². The van der Waals surface area contributed by atoms with Crippen LogP contribution in [0.4, 0.5) is 4.79 Å². The summed E-state index contributed by atoms with van der Waals surface area (Å²) in [6, 6.07) is -0.502. The SMILES string of the molecule is COC(=O)NC1CCN(C(=O)[C@H](N)C(C)C)C1. The number of ether oxygens (including phenoxy) is 1. The van der Waals surface area contributed by atoms with Crippen LogP contribution in [0.3, 0.4) is 0 Å². The molecule has 0 saturated carbocycles. The predicted octanol–water partition coefficient (Wildman–Crippen LogP) is -0.0734. The fraction of sp³-hybridized carbons (Fsp3) is 0.818. The standard InChI is InChI=1S/C11H21N3O3/c1-7(2)9(12)10(15)14-5-4-8(6-14)13-11(16)17-3/h7-9H,4-6,12H2,1-3H3,(H,13,16)/t8?,9-/m1/s1. The second-order valence-electron chi connectivity index (χ2n) is 4.68. The van der Waals surface area contributed by atoms with Gasteiger partial charge < -0.3 is 20.7 Å². The molecule has 1 unspecified atom stereocenters. The summed E-state index contributed by atoms with van der Waals surface area (Å²) in [5, 5.41) is 2.69. The van der Waals surface area contributed by atoms with Crippen LogP contribution in [0.15, 0.2) is 0 Å². The zero-order valence-electron chi connectivity index (χ0n) is 10.6. The van der Waals surface area contributed by atoms with E-state index in [4.69, 9.17) is 5.73 Å². The molecular weight excluding hydrogens is 222 g/mol. The molecule has 1 heterocycles. The Kier molecular flexibility index (Phi) is 4.74. The molecule has 1 rings (SSSR count). The van der Waals surface area contributed by atoms with E-state index in [1.54, 1.807) is 4.90 Å². The number of hydrogen-bond donors (Lipinski definition) is 2. The van der Waals surface area contributed by atoms with E-state index in [1.807, 2.05) is 13.8 Å². The Hall–Kier alpha value is -1.30. The minimum atomic E-state index is -0.466. The molecule has 1 aliphatic rings. The van der Waals surface area contributed by atoms with Gasteiger partial charge in [-0.3, -0.25) is 4.79 Å². The lowest BCUT2D eigenvalue weighted by Gasteiger charge is -2.23. The van der Waals surface area contributed by atoms with Crippen LogP contribution in [0.2, 0.25) is 0 Å². The van der Waals surface area contributed by atoms with Crippen molar-refractivity contribution < 1.29 is 14.3 Å². The second kappa shape index (κ2) is 5.86. The average Bonchev–Trinajstić information content (AvgIpc) is 2.75. The Morgan fingerprint density at radius 2 is 2.12 bits per heavy atom. The van der Waals surface area contributed by atoms with E-state index in [2.05, 4.69) is 10.1 Å². The quantitative estimate of drug-likeness (QED) is 0.726. The fourth-order valence-corrected chi connectivity index (χ4v) is 1.80. The van der Waals surface area contributed by atoms with Crippen molar-refractivity contribution >= 4 is 12.0 Å². The maximum Gasteiger partial charge on any atom is 0.407 e. The summed E-state index contributed by atoms with van der Waals surface area (Å²) in [6.45, 7) is 4.98. The first-order chi connectivity index (χ1) is 7.95. The van der Waals surface area contributed by atoms with Crippen LogP contribution in [0.25, 0.3) is 0 Å². The van der Waals surface area contributed by atoms with Gasteiger partial charge in [-0.2, -0.15) is 0 Å². The number of amides is 2. The lowest BCUT2D eigenvalue weighted by molar-refractivity contribution is -0.132. The molecule has 2 amide bonds. The van der Waals surface area contributed by atoms with Crippen molar-refractivity contribution in [2.75, 3.05) is 20.2 Å². The van der Waals surface area contributed by atoms with Crippen LogP contribution in [0.5, 0.6) is 0 Å². The topological polar surface area (TPSA) is 84.7 Å². The van der Waals surface area contributed by atoms with E-state index in [0.717, 1.165) is 6.42 Å². The van der Waals surface area contributed by atoms with Crippen LogP contribution in [-0.4, -0.2) is 49.2 Å². The lowest BCUT2D eigenvalue weighted by atomic mass is 10.0. The van der Waals surface area contributed by atoms with E-state index >= 15 is 0 Å². The van der Waals surface area contributed by atoms with Crippen LogP contribution in [-0.2, 0) is 9.53 Å². The molecule has 6 heteroatoms. The molecule has 0 radical (unpaired) electrons. The van der Waals surface area contributed by atoms with Crippen molar-refractivity contribution in [2.45, 2.75) is 32.4 Å². The molecule has 0 spiro atoms. The zero-order chi connectivity index (χ0) is 13.0. The van der Waals surface area contributed by atoms with E-state index in [-0.39, 0.29) is 17.9 Å². The molecule has 1 aliphatic heterocycles. The summed E-state index contributed by atoms with van der Waals surface area (Å²) >= 11 is 0. The molecule has 1 saturated heterocycles. The van der Waals surface area contributed by atoms with E-state index in [1.165, 1.54) is 7.11 Å². The summed E-state index contributed by atoms with van der Waals surface area (Å²) in [7, 11) is 1.32. The van der Waals surface area contributed by atoms with Gasteiger partial charge in [0, 0.05) is 13.1 Å². The Morgan fingerprint density at radius 3 is 2.65 bits per heavy atom. The van der Waals surface area contributed by atoms with Crippen molar-refractivity contribution in [2.24, 2.45) is 11.7 Å². The third-order valence-corrected chi connectivity index (χ3v) is 3.01. The highest BCUT2D eigenvalue weighted by Gasteiger charge is 2.31. The van der Waals surface area contributed by atoms with Crippen molar-refractivity contribution in [3.63, 3.8) is 0 Å². The Labute approximate surface area is 101 Å². The van der Waals surface area contributed by atoms with Crippen LogP contribution in [0, 0.1) is 5.92 Å². The smallest absolute Gasteiger partial charge is 0.407 e. The summed E-state index contributed by atoms with van der Waals surface area (Å²) in [5.74, 6) is 0.0734. The van der Waals surface area contributed by atoms with Crippen LogP contribution >= 0.6 is 0 Å². The summed E-state index contributed by atoms with van der Waals surface area (Å²) in [4.78, 5) is 24.7. The first-order valence-corrected chi connectivity index (χ1v) is 5.84. The third kappa shape index (κ3) is 3.59. The highest BCUT2D eigenvalue weighted by Crippen LogP contribution is 2.12. The molecule has 0 bridgehead atoms. The molecule has 1 fully saturated rings. The van der Waals surface area contributed by atoms with Crippen LogP contribution in [0.1, 0.15) is 20.3 Å². The maximum atomic E-state index is 11.9. The number of carbonyl (C=O) groups excluding carboxylic acids is 2. The number of nitrogens with one attached hydrogen (secondary N) is 1. The van der Waals surface area contributed by atoms with E-state index in [0.29, 0.717) is 13.1 Å². The number of hydrogen-bond acceptors (Lipinski definition) is 4. The Bertz CT molecular complexity index is 294. The van der Waals surface area contributed by atoms with Gasteiger partial charge in [0.2, 0.25) is 5.91 Å². The number of carbonyl (C=O) groups is 2. The fourth-order valence-electron chi connectivity index (χ4n) is 1.80. The first-order valence-electron chi connectivity index (χ1n) is 5.84. The van der Waals surface area contributed by atoms with Crippen LogP contribution < -0.4 is 11.1 Å². The van der Waals surface area contributed by atoms with Gasteiger partial charge in [-0.25, -0.2) is 4.79 Å². The van der Waals surface area contributed by atoms with Gasteiger partial charge in [-0.15, -0.1) is 0 Å². The number of nitrogens with zero attached hydrogens (tertiary/aromatic N) is 1. The molecule has 0 aromatic heterocycles. The number of alkyl carbamates (subject to hydrolysis) is 1. The van der Waals surface area contributed by atoms with Gasteiger partial charge in [-0.1, -0.05) is 13.8 Å². The number of rotatable bonds is 3. The van der Waals surface area contributed by atoms with Crippen molar-refractivity contribution in [1.82, 2.24) is 10.2 Å². The number of likely N-dealkylation sites (tertiary alicyclic amines) is 1. The molecule has 0 aromatic carbocycles. The highest BCUT2D eigenvalue weighted by atomic mass is 16.5. The second-order valence-corrected chi connectivity index (χ2v) is 4.68. The Balaban J connectivity index is 2.44. The average molecular weight is 243 g/mol. The molecule has 0 aromatic rings. The summed E-state index contributed by atoms with van der Waals surface area (Å²) in [6.07, 6.45) is 0.281. The summed E-state index contributed by atoms with van der Waals surface area (Å²) in [5.41, 5.74) is 5.81. The molecule has 98 valence electrons. The van der Waals surface area contributed by atoms with Crippen molar-refractivity contribution in [3.05, 3.63) is 0 Å². The lowest BCUT2D eigenvalue weighted by Crippen LogP contribution is -2.47. The van der Waals surface area contributed by atoms with Gasteiger partial charge in [0.1, 0.15) is 0 Å². The van der Waals surface area contributed by atoms with Crippen molar-refractivity contribution in [1.29, 1.82) is 0 Å². The van der Waals surface area contributed by atoms with Crippen molar-refractivity contribution in [3.8, 4) is 0 Å². The normalized spacial score (nSPS) is 21.5. The predicted molar refractivity (Wildman–Crippen MR) is 63.3 cm³/mol. The molecule has 17 heavy (non-hydrogen) atoms. The molecule has 0 aliphatic carbocycles. The third-order valence-electron chi connectivity index (χ3n) is 3.01. The monoisotopic (exact) mass is 243 g/mol. The van der Waals surface area contributed by atoms with Gasteiger partial charge in [0.15, 0.2) is 0 Å². The first kappa shape index (κ1) is 13.8. The molecular formula is C11H21N3O3. The minimum absolute atomic E-state index is 0.0363. The molecule has 3 N–H and O–H groups in total. The zero-order valence-corrected chi connectivity index (χ0v) is 10.6. The van der Waals surface area contributed by atoms with Gasteiger partial charge >= 0.3 is 6.09 Å². The number of nitrogens with two attached hydrogens (primary N) is 1. The number of methoxy groups -OCH3 is 1. The van der Waals surface area contributed by atoms with E-state index in [9.17, 15) is 9.59 Å². The summed E-state index contributed by atoms with van der Waals surface area (Å²) < 4.78 is 4.52. The minimum Gasteiger partial charge on any atom is -0.453 e. The largest absolute Gasteiger partial charge is 0.453 e. The van der Waals surface area contributed by atoms with Gasteiger partial charge in [0.05, 0.1) is 19.2 Å². The Morgan fingerprint density at radius 1 is 1.47 bits per heavy atom. The maximum absolute atomic E-state index is 11.9. The molecule has 2 atom stereocenters.